The molecular weight excluding hydrogens is 1910 g/mol. The molecule has 42 heteroatoms. The zero-order valence-corrected chi connectivity index (χ0v) is 84.2. The second kappa shape index (κ2) is 44.2. The quantitative estimate of drug-likeness (QED) is 0.0461. The highest BCUT2D eigenvalue weighted by Gasteiger charge is 2.49. The number of rotatable bonds is 27. The van der Waals surface area contributed by atoms with Gasteiger partial charge in [0, 0.05) is 243 Å². The highest BCUT2D eigenvalue weighted by atomic mass is 32.2. The minimum absolute atomic E-state index is 0.0738. The van der Waals surface area contributed by atoms with Crippen molar-refractivity contribution in [3.05, 3.63) is 182 Å². The van der Waals surface area contributed by atoms with Gasteiger partial charge in [0.2, 0.25) is 11.9 Å². The lowest BCUT2D eigenvalue weighted by atomic mass is 9.77. The summed E-state index contributed by atoms with van der Waals surface area (Å²) >= 11 is 0. The number of aryl methyl sites for hydroxylation is 2. The first kappa shape index (κ1) is 103. The van der Waals surface area contributed by atoms with Crippen LogP contribution in [0.3, 0.4) is 0 Å². The molecule has 6 aromatic heterocycles. The molecule has 4 aromatic carbocycles. The van der Waals surface area contributed by atoms with Crippen LogP contribution in [-0.4, -0.2) is 269 Å². The van der Waals surface area contributed by atoms with Gasteiger partial charge >= 0.3 is 36.2 Å². The number of piperidine rings is 4. The predicted molar refractivity (Wildman–Crippen MR) is 518 cm³/mol. The van der Waals surface area contributed by atoms with Crippen LogP contribution < -0.4 is 28.7 Å². The van der Waals surface area contributed by atoms with Crippen LogP contribution in [0, 0.1) is 76.6 Å². The topological polar surface area (TPSA) is 421 Å². The van der Waals surface area contributed by atoms with Gasteiger partial charge in [0.15, 0.2) is 39.3 Å². The number of amides is 2. The molecule has 2 amide bonds. The molecule has 1 aliphatic carbocycles. The smallest absolute Gasteiger partial charge is 0.410 e. The van der Waals surface area contributed by atoms with Gasteiger partial charge in [0.25, 0.3) is 0 Å². The molecule has 9 aliphatic rings. The first-order chi connectivity index (χ1) is 67.7. The lowest BCUT2D eigenvalue weighted by molar-refractivity contribution is -0.0950. The van der Waals surface area contributed by atoms with Crippen LogP contribution in [0.4, 0.5) is 34.7 Å². The molecule has 758 valence electrons. The average Bonchev–Trinajstić information content (AvgIpc) is 1.55. The molecule has 142 heavy (non-hydrogen) atoms. The highest BCUT2D eigenvalue weighted by molar-refractivity contribution is 7.91. The molecule has 19 rings (SSSR count). The predicted octanol–water partition coefficient (Wildman–Crippen LogP) is 13.5. The number of ether oxygens (including phenoxy) is 9. The van der Waals surface area contributed by atoms with Crippen LogP contribution in [0.1, 0.15) is 104 Å². The number of fused-ring (bicyclic) bond motifs is 8. The molecule has 0 spiro atoms. The lowest BCUT2D eigenvalue weighted by Crippen LogP contribution is -2.56. The third-order valence-corrected chi connectivity index (χ3v) is 31.6. The van der Waals surface area contributed by atoms with Gasteiger partial charge in [-0.1, -0.05) is 57.0 Å². The zero-order chi connectivity index (χ0) is 101. The summed E-state index contributed by atoms with van der Waals surface area (Å²) in [5.41, 5.74) is 5.06. The summed E-state index contributed by atoms with van der Waals surface area (Å²) in [5, 5.41) is 0. The van der Waals surface area contributed by atoms with Crippen LogP contribution in [0.2, 0.25) is 0 Å². The summed E-state index contributed by atoms with van der Waals surface area (Å²) in [6.45, 7) is 20.8. The van der Waals surface area contributed by atoms with Gasteiger partial charge < -0.3 is 62.2 Å². The molecule has 1 saturated carbocycles. The van der Waals surface area contributed by atoms with E-state index in [-0.39, 0.29) is 120 Å². The molecule has 35 nitrogen and oxygen atoms in total. The van der Waals surface area contributed by atoms with E-state index in [2.05, 4.69) is 83.5 Å². The number of hydrogen-bond acceptors (Lipinski definition) is 33. The van der Waals surface area contributed by atoms with Gasteiger partial charge in [0.1, 0.15) is 28.7 Å². The number of aromatic nitrogens is 12. The van der Waals surface area contributed by atoms with E-state index in [9.17, 15) is 56.4 Å². The van der Waals surface area contributed by atoms with Crippen LogP contribution in [0.5, 0.6) is 24.0 Å². The largest absolute Gasteiger partial charge is 0.463 e. The van der Waals surface area contributed by atoms with E-state index >= 15 is 0 Å². The molecular formula is C100H119F3N16O19S4. The molecule has 10 aromatic rings. The van der Waals surface area contributed by atoms with E-state index in [4.69, 9.17) is 42.6 Å². The van der Waals surface area contributed by atoms with Crippen LogP contribution in [0.15, 0.2) is 173 Å². The van der Waals surface area contributed by atoms with Crippen molar-refractivity contribution in [3.63, 3.8) is 0 Å². The summed E-state index contributed by atoms with van der Waals surface area (Å²) in [4.78, 5) is 85.9. The molecule has 8 saturated heterocycles. The number of nitrogens with zero attached hydrogens (tertiary/aromatic N) is 16. The van der Waals surface area contributed by atoms with Gasteiger partial charge in [-0.25, -0.2) is 116 Å². The summed E-state index contributed by atoms with van der Waals surface area (Å²) in [5.74, 6) is 1.75. The number of anilines is 2. The maximum atomic E-state index is 14.5. The normalized spacial score (nSPS) is 22.7. The van der Waals surface area contributed by atoms with Crippen molar-refractivity contribution in [1.29, 1.82) is 0 Å². The van der Waals surface area contributed by atoms with Crippen LogP contribution >= 0.6 is 0 Å². The van der Waals surface area contributed by atoms with E-state index in [0.717, 1.165) is 130 Å². The average molecular weight is 2030 g/mol. The Kier molecular flexibility index (Phi) is 32.1. The van der Waals surface area contributed by atoms with Gasteiger partial charge in [0.05, 0.1) is 85.7 Å². The number of likely N-dealkylation sites (tertiary alicyclic amines) is 2. The van der Waals surface area contributed by atoms with Crippen molar-refractivity contribution in [2.75, 3.05) is 140 Å². The Hall–Kier alpha value is -11.8. The minimum Gasteiger partial charge on any atom is -0.463 e. The fourth-order valence-electron chi connectivity index (χ4n) is 19.4. The van der Waals surface area contributed by atoms with Crippen molar-refractivity contribution in [3.8, 4) is 68.5 Å². The van der Waals surface area contributed by atoms with E-state index in [1.807, 2.05) is 52.5 Å². The maximum Gasteiger partial charge on any atom is 0.410 e. The Morgan fingerprint density at radius 3 is 1.04 bits per heavy atom. The van der Waals surface area contributed by atoms with E-state index in [0.29, 0.717) is 138 Å². The van der Waals surface area contributed by atoms with E-state index < -0.39 is 62.4 Å². The Balaban J connectivity index is 0.000000136. The van der Waals surface area contributed by atoms with Gasteiger partial charge in [-0.05, 0) is 150 Å². The number of sulfone groups is 4. The Labute approximate surface area is 825 Å². The standard InChI is InChI=1S/C26H30FN5O4S.C26H31N5O3S.C24H28FN3O6S.C24H30FN3O6S/c1-3-4-17-8-28-25(29-9-17)32-12-19-14-35-15-20(13-32)23(19)16-36-26-30-10-18(11-31-26)22-6-5-21(7-24(22)27)37(2,33)34;1-3-4-18-13-27-25(28-14-18)31-22-7-8-23(31)12-19(11-22)17-34-26-29-15-21(16-30-26)20-5-9-24(10-6-20)35(2,32)33;1-24(5-6-24)34-23(29)28-10-16-12-32-13-17(11-28)20(16)14-33-22-26-8-15(9-27-22)19-4-3-18(7-21(19)25)35(2,30)31;1-24(2,3)34-23(29)28-10-16-12-32-13-17(11-28)20(16)14-33-22-26-8-15(9-27-22)19-6-5-18(7-21(19)25)35(4,30)31/h5-11,19-20,23H,3-4,12-16H2,1-2H3;5-6,9-10,13-16,19,22-23H,3-4,7-8,11-12,17H2,1-2H3;3-4,7-9,16-17,20H,5-6,10-14H2,1-2H3;5-9,16-17,20H,10-14H2,1-4H3/t;22-,23-;;/m.0../s1. The SMILES string of the molecule is CC(C)(C)OC(=O)N1CC2COCC(C1)C2COc1ncc(-c2ccc(S(C)(=O)=O)cc2F)cn1.CC1(OC(=O)N2CC3COCC(C2)C3COc2ncc(-c3ccc(S(C)(=O)=O)cc3F)cn2)CC1.CCCc1cnc(N2CC3COCC(C2)C3COc2ncc(-c3ccc(S(C)(=O)=O)cc3F)cn2)nc1.CCCc1cnc(N2[C@H]3CC[C@H]2CC(COc2ncc(-c4ccc(S(C)(=O)=O)cc4)cn2)C3)nc1. The summed E-state index contributed by atoms with van der Waals surface area (Å²) in [6.07, 6.45) is 34.1. The number of hydrogen-bond donors (Lipinski definition) is 0. The van der Waals surface area contributed by atoms with E-state index in [1.165, 1.54) is 98.2 Å². The maximum absolute atomic E-state index is 14.5. The van der Waals surface area contributed by atoms with Crippen molar-refractivity contribution in [2.45, 2.75) is 149 Å². The summed E-state index contributed by atoms with van der Waals surface area (Å²) in [6, 6.07) is 19.8. The van der Waals surface area contributed by atoms with Gasteiger partial charge in [-0.3, -0.25) is 0 Å². The fourth-order valence-corrected chi connectivity index (χ4v) is 21.9. The van der Waals surface area contributed by atoms with Crippen molar-refractivity contribution < 1.29 is 99.1 Å². The summed E-state index contributed by atoms with van der Waals surface area (Å²) < 4.78 is 189. The minimum atomic E-state index is -3.50. The fraction of sp³-hybridized carbons (Fsp3) is 0.500. The molecule has 0 radical (unpaired) electrons. The monoisotopic (exact) mass is 2030 g/mol. The third kappa shape index (κ3) is 26.2. The number of halogens is 3. The van der Waals surface area contributed by atoms with Crippen molar-refractivity contribution >= 4 is 63.4 Å². The van der Waals surface area contributed by atoms with Crippen molar-refractivity contribution in [2.24, 2.45) is 59.2 Å². The van der Waals surface area contributed by atoms with E-state index in [1.54, 1.807) is 46.5 Å². The molecule has 8 atom stereocenters. The second-order valence-electron chi connectivity index (χ2n) is 39.4. The molecule has 9 fully saturated rings. The van der Waals surface area contributed by atoms with Gasteiger partial charge in [-0.2, -0.15) is 0 Å². The Morgan fingerprint density at radius 1 is 0.401 bits per heavy atom. The third-order valence-electron chi connectivity index (χ3n) is 27.2. The zero-order valence-electron chi connectivity index (χ0n) is 80.9. The van der Waals surface area contributed by atoms with Gasteiger partial charge in [-0.15, -0.1) is 0 Å². The molecule has 8 bridgehead atoms. The van der Waals surface area contributed by atoms with Crippen molar-refractivity contribution in [1.82, 2.24) is 69.6 Å². The molecule has 0 N–H and O–H groups in total. The molecule has 8 aliphatic heterocycles. The van der Waals surface area contributed by atoms with Crippen LogP contribution in [-0.2, 0) is 75.9 Å². The summed E-state index contributed by atoms with van der Waals surface area (Å²) in [7, 11) is -13.7. The Morgan fingerprint density at radius 2 is 0.718 bits per heavy atom. The number of carbonyl (C=O) groups excluding carboxylic acids is 2. The lowest BCUT2D eigenvalue weighted by Gasteiger charge is -2.46. The number of benzene rings is 4. The first-order valence-electron chi connectivity index (χ1n) is 47.7. The molecule has 6 unspecified atom stereocenters. The number of carbonyl (C=O) groups is 2. The molecule has 14 heterocycles. The Bertz CT molecular complexity index is 6330. The highest BCUT2D eigenvalue weighted by Crippen LogP contribution is 2.45. The first-order valence-corrected chi connectivity index (χ1v) is 55.2. The second-order valence-corrected chi connectivity index (χ2v) is 47.5. The van der Waals surface area contributed by atoms with Crippen LogP contribution in [0.25, 0.3) is 44.5 Å².